The summed E-state index contributed by atoms with van der Waals surface area (Å²) in [5.74, 6) is -2.60. The fourth-order valence-corrected chi connectivity index (χ4v) is 1.14. The van der Waals surface area contributed by atoms with E-state index in [1.807, 2.05) is 0 Å². The number of hydrogen-bond donors (Lipinski definition) is 2. The zero-order valence-corrected chi connectivity index (χ0v) is 9.65. The van der Waals surface area contributed by atoms with Crippen LogP contribution in [-0.2, 0) is 11.3 Å². The van der Waals surface area contributed by atoms with Crippen molar-refractivity contribution < 1.29 is 34.6 Å². The predicted octanol–water partition coefficient (Wildman–Crippen LogP) is -0.196. The quantitative estimate of drug-likeness (QED) is 0.562. The van der Waals surface area contributed by atoms with E-state index in [0.717, 1.165) is 0 Å². The standard InChI is InChI=1S/C9H9NO5.NO3/c1-15-4-5-2-6(8(11)12)7(9(13)14)10-3-5;2-1(3)4/h2-3H,4H2,1H3,(H,11,12)(H,13,14);/q;-1/p+1. The molecule has 0 spiro atoms. The normalized spacial score (nSPS) is 9.11. The van der Waals surface area contributed by atoms with Crippen molar-refractivity contribution in [2.75, 3.05) is 7.11 Å². The number of nitrogens with one attached hydrogen (secondary N) is 1. The number of aromatic carboxylic acids is 2. The molecule has 0 aliphatic rings. The van der Waals surface area contributed by atoms with Gasteiger partial charge in [-0.05, 0) is 6.07 Å². The average molecular weight is 274 g/mol. The molecule has 1 rings (SSSR count). The highest BCUT2D eigenvalue weighted by Gasteiger charge is 2.23. The van der Waals surface area contributed by atoms with Crippen LogP contribution in [0.15, 0.2) is 12.3 Å². The number of H-pyrrole nitrogens is 1. The lowest BCUT2D eigenvalue weighted by molar-refractivity contribution is -0.402. The summed E-state index contributed by atoms with van der Waals surface area (Å²) in [6.07, 6.45) is 1.40. The summed E-state index contributed by atoms with van der Waals surface area (Å²) >= 11 is 0. The maximum absolute atomic E-state index is 10.8. The van der Waals surface area contributed by atoms with Crippen molar-refractivity contribution in [1.82, 2.24) is 0 Å². The van der Waals surface area contributed by atoms with Gasteiger partial charge in [0, 0.05) is 12.7 Å². The predicted molar refractivity (Wildman–Crippen MR) is 58.0 cm³/mol. The second-order valence-corrected chi connectivity index (χ2v) is 3.06. The van der Waals surface area contributed by atoms with E-state index in [4.69, 9.17) is 30.3 Å². The second kappa shape index (κ2) is 7.55. The number of aromatic nitrogens is 1. The van der Waals surface area contributed by atoms with Crippen molar-refractivity contribution in [2.24, 2.45) is 0 Å². The molecule has 0 aliphatic carbocycles. The van der Waals surface area contributed by atoms with Crippen LogP contribution in [0.25, 0.3) is 0 Å². The maximum atomic E-state index is 10.8. The van der Waals surface area contributed by atoms with Crippen LogP contribution in [0, 0.1) is 15.3 Å². The molecule has 1 aromatic heterocycles. The Morgan fingerprint density at radius 3 is 2.26 bits per heavy atom. The molecule has 0 amide bonds. The summed E-state index contributed by atoms with van der Waals surface area (Å²) in [7, 11) is 1.46. The topological polar surface area (TPSA) is 164 Å². The van der Waals surface area contributed by atoms with Gasteiger partial charge in [0.05, 0.1) is 11.7 Å². The van der Waals surface area contributed by atoms with E-state index >= 15 is 0 Å². The average Bonchev–Trinajstić information content (AvgIpc) is 2.28. The molecule has 19 heavy (non-hydrogen) atoms. The van der Waals surface area contributed by atoms with Crippen molar-refractivity contribution in [2.45, 2.75) is 6.61 Å². The first-order valence-corrected chi connectivity index (χ1v) is 4.61. The molecule has 0 aliphatic heterocycles. The first kappa shape index (κ1) is 16.2. The number of nitrogens with zero attached hydrogens (tertiary/aromatic N) is 1. The van der Waals surface area contributed by atoms with Gasteiger partial charge in [-0.2, -0.15) is 0 Å². The Kier molecular flexibility index (Phi) is 6.46. The Morgan fingerprint density at radius 1 is 1.37 bits per heavy atom. The molecule has 0 saturated heterocycles. The summed E-state index contributed by atoms with van der Waals surface area (Å²) in [5.41, 5.74) is -0.0562. The third-order valence-corrected chi connectivity index (χ3v) is 1.76. The zero-order chi connectivity index (χ0) is 15.0. The molecule has 0 bridgehead atoms. The van der Waals surface area contributed by atoms with Gasteiger partial charge in [-0.25, -0.2) is 14.6 Å². The number of carboxylic acids is 2. The summed E-state index contributed by atoms with van der Waals surface area (Å²) in [6.45, 7) is 0.219. The SMILES string of the molecule is COCc1c[nH+]c(C(=O)O)c(C(=O)O)c1.O=[N+]([O-])[O-]. The van der Waals surface area contributed by atoms with Crippen LogP contribution in [0.4, 0.5) is 0 Å². The number of ether oxygens (including phenoxy) is 1. The van der Waals surface area contributed by atoms with Gasteiger partial charge < -0.3 is 30.3 Å². The van der Waals surface area contributed by atoms with Gasteiger partial charge in [-0.1, -0.05) is 0 Å². The highest BCUT2D eigenvalue weighted by atomic mass is 16.9. The number of hydrogen-bond acceptors (Lipinski definition) is 6. The highest BCUT2D eigenvalue weighted by Crippen LogP contribution is 2.07. The molecule has 10 heteroatoms. The van der Waals surface area contributed by atoms with Crippen molar-refractivity contribution in [3.05, 3.63) is 44.4 Å². The Labute approximate surface area is 106 Å². The Balaban J connectivity index is 0.000000711. The Bertz CT molecular complexity index is 483. The van der Waals surface area contributed by atoms with Crippen LogP contribution >= 0.6 is 0 Å². The molecular weight excluding hydrogens is 264 g/mol. The molecule has 0 atom stereocenters. The van der Waals surface area contributed by atoms with Crippen molar-refractivity contribution in [3.63, 3.8) is 0 Å². The van der Waals surface area contributed by atoms with E-state index in [1.165, 1.54) is 19.4 Å². The van der Waals surface area contributed by atoms with Gasteiger partial charge >= 0.3 is 17.6 Å². The molecule has 10 nitrogen and oxygen atoms in total. The van der Waals surface area contributed by atoms with E-state index in [0.29, 0.717) is 5.56 Å². The van der Waals surface area contributed by atoms with Crippen LogP contribution in [0.3, 0.4) is 0 Å². The molecule has 0 unspecified atom stereocenters. The Hall–Kier alpha value is -2.75. The fourth-order valence-electron chi connectivity index (χ4n) is 1.14. The smallest absolute Gasteiger partial charge is 0.402 e. The number of carbonyl (C=O) groups is 2. The van der Waals surface area contributed by atoms with Crippen LogP contribution in [0.2, 0.25) is 0 Å². The lowest BCUT2D eigenvalue weighted by atomic mass is 10.1. The summed E-state index contributed by atoms with van der Waals surface area (Å²) in [4.78, 5) is 32.1. The molecule has 0 saturated carbocycles. The lowest BCUT2D eigenvalue weighted by Crippen LogP contribution is -2.22. The third kappa shape index (κ3) is 5.93. The third-order valence-electron chi connectivity index (χ3n) is 1.76. The van der Waals surface area contributed by atoms with Gasteiger partial charge in [-0.15, -0.1) is 0 Å². The molecule has 0 radical (unpaired) electrons. The number of rotatable bonds is 4. The number of aromatic amines is 1. The van der Waals surface area contributed by atoms with Crippen LogP contribution in [0.1, 0.15) is 26.4 Å². The highest BCUT2D eigenvalue weighted by molar-refractivity contribution is 5.99. The molecule has 0 fully saturated rings. The largest absolute Gasteiger partial charge is 0.477 e. The lowest BCUT2D eigenvalue weighted by Gasteiger charge is -1.99. The summed E-state index contributed by atoms with van der Waals surface area (Å²) in [6, 6.07) is 1.27. The first-order chi connectivity index (χ1) is 8.79. The second-order valence-electron chi connectivity index (χ2n) is 3.06. The van der Waals surface area contributed by atoms with Crippen molar-refractivity contribution in [1.29, 1.82) is 0 Å². The number of pyridine rings is 1. The molecule has 104 valence electrons. The minimum atomic E-state index is -1.75. The van der Waals surface area contributed by atoms with Gasteiger partial charge in [-0.3, -0.25) is 0 Å². The van der Waals surface area contributed by atoms with E-state index in [-0.39, 0.29) is 17.9 Å². The van der Waals surface area contributed by atoms with Crippen molar-refractivity contribution >= 4 is 11.9 Å². The van der Waals surface area contributed by atoms with Gasteiger partial charge in [0.25, 0.3) is 0 Å². The fraction of sp³-hybridized carbons (Fsp3) is 0.222. The molecule has 3 N–H and O–H groups in total. The van der Waals surface area contributed by atoms with Crippen LogP contribution < -0.4 is 4.98 Å². The van der Waals surface area contributed by atoms with Gasteiger partial charge in [0.15, 0.2) is 6.20 Å². The van der Waals surface area contributed by atoms with E-state index < -0.39 is 17.0 Å². The molecule has 1 aromatic rings. The first-order valence-electron chi connectivity index (χ1n) is 4.61. The van der Waals surface area contributed by atoms with Crippen LogP contribution in [0.5, 0.6) is 0 Å². The van der Waals surface area contributed by atoms with Gasteiger partial charge in [0.2, 0.25) is 0 Å². The zero-order valence-electron chi connectivity index (χ0n) is 9.65. The monoisotopic (exact) mass is 274 g/mol. The summed E-state index contributed by atoms with van der Waals surface area (Å²) < 4.78 is 4.80. The molecular formula is C9H10N2O8. The van der Waals surface area contributed by atoms with E-state index in [1.54, 1.807) is 0 Å². The number of carboxylic acid groups (broad SMARTS) is 2. The molecule has 0 aromatic carbocycles. The maximum Gasteiger partial charge on any atom is 0.402 e. The van der Waals surface area contributed by atoms with Crippen molar-refractivity contribution in [3.8, 4) is 0 Å². The van der Waals surface area contributed by atoms with E-state index in [9.17, 15) is 9.59 Å². The molecule has 1 heterocycles. The Morgan fingerprint density at radius 2 is 1.89 bits per heavy atom. The number of methoxy groups -OCH3 is 1. The van der Waals surface area contributed by atoms with Crippen LogP contribution in [-0.4, -0.2) is 34.3 Å². The van der Waals surface area contributed by atoms with E-state index in [2.05, 4.69) is 4.98 Å². The summed E-state index contributed by atoms with van der Waals surface area (Å²) in [5, 5.41) is 32.2. The minimum Gasteiger partial charge on any atom is -0.477 e. The minimum absolute atomic E-state index is 0.219. The van der Waals surface area contributed by atoms with Gasteiger partial charge in [0.1, 0.15) is 5.56 Å².